The van der Waals surface area contributed by atoms with Crippen molar-refractivity contribution in [1.82, 2.24) is 4.98 Å². The molecule has 68 valence electrons. The summed E-state index contributed by atoms with van der Waals surface area (Å²) in [5, 5.41) is 2.71. The molecule has 2 rings (SSSR count). The number of hydrogen-bond donors (Lipinski definition) is 0. The first-order valence-corrected chi connectivity index (χ1v) is 5.36. The third-order valence-electron chi connectivity index (χ3n) is 2.08. The van der Waals surface area contributed by atoms with E-state index >= 15 is 0 Å². The van der Waals surface area contributed by atoms with Crippen LogP contribution in [0.5, 0.6) is 0 Å². The van der Waals surface area contributed by atoms with E-state index in [0.717, 1.165) is 6.42 Å². The van der Waals surface area contributed by atoms with Crippen LogP contribution < -0.4 is 4.90 Å². The SMILES string of the molecule is CCC1SC=CN1c1ccncc1. The van der Waals surface area contributed by atoms with Crippen LogP contribution in [-0.4, -0.2) is 10.4 Å². The minimum atomic E-state index is 0.558. The van der Waals surface area contributed by atoms with Crippen LogP contribution in [0.3, 0.4) is 0 Å². The fourth-order valence-electron chi connectivity index (χ4n) is 1.41. The molecule has 3 heteroatoms. The maximum absolute atomic E-state index is 4.01. The third kappa shape index (κ3) is 1.70. The summed E-state index contributed by atoms with van der Waals surface area (Å²) in [5.74, 6) is 0. The van der Waals surface area contributed by atoms with Gasteiger partial charge in [-0.15, -0.1) is 11.8 Å². The van der Waals surface area contributed by atoms with E-state index in [1.165, 1.54) is 5.69 Å². The molecule has 1 aromatic heterocycles. The smallest absolute Gasteiger partial charge is 0.0832 e. The van der Waals surface area contributed by atoms with Gasteiger partial charge in [0.1, 0.15) is 0 Å². The van der Waals surface area contributed by atoms with Crippen LogP contribution in [0, 0.1) is 0 Å². The van der Waals surface area contributed by atoms with Gasteiger partial charge in [0.05, 0.1) is 5.37 Å². The standard InChI is InChI=1S/C10H12N2S/c1-2-10-12(7-8-13-10)9-3-5-11-6-4-9/h3-8,10H,2H2,1H3. The Morgan fingerprint density at radius 3 is 2.92 bits per heavy atom. The Kier molecular flexibility index (Phi) is 2.54. The van der Waals surface area contributed by atoms with Gasteiger partial charge in [0.25, 0.3) is 0 Å². The lowest BCUT2D eigenvalue weighted by atomic mass is 10.3. The molecule has 13 heavy (non-hydrogen) atoms. The summed E-state index contributed by atoms with van der Waals surface area (Å²) in [5.41, 5.74) is 1.23. The van der Waals surface area contributed by atoms with E-state index < -0.39 is 0 Å². The van der Waals surface area contributed by atoms with E-state index in [-0.39, 0.29) is 0 Å². The van der Waals surface area contributed by atoms with Gasteiger partial charge in [-0.25, -0.2) is 0 Å². The minimum Gasteiger partial charge on any atom is -0.335 e. The molecule has 0 spiro atoms. The lowest BCUT2D eigenvalue weighted by molar-refractivity contribution is 0.834. The van der Waals surface area contributed by atoms with Crippen molar-refractivity contribution in [1.29, 1.82) is 0 Å². The van der Waals surface area contributed by atoms with Crippen LogP contribution in [0.1, 0.15) is 13.3 Å². The lowest BCUT2D eigenvalue weighted by Gasteiger charge is -2.23. The molecule has 1 aliphatic rings. The number of rotatable bonds is 2. The second-order valence-corrected chi connectivity index (χ2v) is 3.99. The highest BCUT2D eigenvalue weighted by Gasteiger charge is 2.18. The van der Waals surface area contributed by atoms with E-state index in [9.17, 15) is 0 Å². The first-order chi connectivity index (χ1) is 6.42. The van der Waals surface area contributed by atoms with Gasteiger partial charge in [-0.3, -0.25) is 4.98 Å². The molecule has 0 aromatic carbocycles. The summed E-state index contributed by atoms with van der Waals surface area (Å²) in [4.78, 5) is 6.29. The summed E-state index contributed by atoms with van der Waals surface area (Å²) < 4.78 is 0. The Bertz CT molecular complexity index is 297. The Labute approximate surface area is 82.7 Å². The fraction of sp³-hybridized carbons (Fsp3) is 0.300. The van der Waals surface area contributed by atoms with Crippen LogP contribution >= 0.6 is 11.8 Å². The van der Waals surface area contributed by atoms with Crippen LogP contribution in [0.4, 0.5) is 5.69 Å². The molecule has 0 aliphatic carbocycles. The van der Waals surface area contributed by atoms with Crippen molar-refractivity contribution in [3.63, 3.8) is 0 Å². The molecule has 0 fully saturated rings. The second kappa shape index (κ2) is 3.83. The number of pyridine rings is 1. The monoisotopic (exact) mass is 192 g/mol. The average Bonchev–Trinajstić information content (AvgIpc) is 2.67. The zero-order valence-electron chi connectivity index (χ0n) is 7.55. The van der Waals surface area contributed by atoms with Gasteiger partial charge in [0, 0.05) is 24.3 Å². The number of hydrogen-bond acceptors (Lipinski definition) is 3. The third-order valence-corrected chi connectivity index (χ3v) is 3.23. The molecule has 1 aliphatic heterocycles. The Morgan fingerprint density at radius 2 is 2.23 bits per heavy atom. The van der Waals surface area contributed by atoms with E-state index in [2.05, 4.69) is 28.4 Å². The van der Waals surface area contributed by atoms with Gasteiger partial charge in [-0.05, 0) is 24.0 Å². The van der Waals surface area contributed by atoms with Gasteiger partial charge in [-0.2, -0.15) is 0 Å². The largest absolute Gasteiger partial charge is 0.335 e. The molecular weight excluding hydrogens is 180 g/mol. The number of thioether (sulfide) groups is 1. The molecule has 1 unspecified atom stereocenters. The van der Waals surface area contributed by atoms with Crippen LogP contribution in [0.2, 0.25) is 0 Å². The molecule has 2 nitrogen and oxygen atoms in total. The summed E-state index contributed by atoms with van der Waals surface area (Å²) in [6.45, 7) is 2.21. The highest BCUT2D eigenvalue weighted by Crippen LogP contribution is 2.31. The normalized spacial score (nSPS) is 21.0. The molecular formula is C10H12N2S. The molecule has 0 saturated carbocycles. The first-order valence-electron chi connectivity index (χ1n) is 4.42. The first kappa shape index (κ1) is 8.63. The minimum absolute atomic E-state index is 0.558. The van der Waals surface area contributed by atoms with Gasteiger partial charge >= 0.3 is 0 Å². The maximum atomic E-state index is 4.01. The van der Waals surface area contributed by atoms with E-state index in [1.807, 2.05) is 36.3 Å². The number of nitrogens with zero attached hydrogens (tertiary/aromatic N) is 2. The van der Waals surface area contributed by atoms with Crippen molar-refractivity contribution in [2.24, 2.45) is 0 Å². The molecule has 2 heterocycles. The molecule has 0 bridgehead atoms. The quantitative estimate of drug-likeness (QED) is 0.716. The van der Waals surface area contributed by atoms with Gasteiger partial charge in [0.15, 0.2) is 0 Å². The summed E-state index contributed by atoms with van der Waals surface area (Å²) >= 11 is 1.87. The Hall–Kier alpha value is -0.960. The van der Waals surface area contributed by atoms with Gasteiger partial charge in [-0.1, -0.05) is 6.92 Å². The van der Waals surface area contributed by atoms with E-state index in [4.69, 9.17) is 0 Å². The molecule has 0 saturated heterocycles. The predicted octanol–water partition coefficient (Wildman–Crippen LogP) is 2.84. The maximum Gasteiger partial charge on any atom is 0.0832 e. The summed E-state index contributed by atoms with van der Waals surface area (Å²) in [7, 11) is 0. The van der Waals surface area contributed by atoms with Crippen molar-refractivity contribution in [2.45, 2.75) is 18.7 Å². The van der Waals surface area contributed by atoms with Crippen LogP contribution in [-0.2, 0) is 0 Å². The number of aromatic nitrogens is 1. The highest BCUT2D eigenvalue weighted by molar-refractivity contribution is 8.03. The van der Waals surface area contributed by atoms with Gasteiger partial charge in [0.2, 0.25) is 0 Å². The van der Waals surface area contributed by atoms with E-state index in [0.29, 0.717) is 5.37 Å². The van der Waals surface area contributed by atoms with Crippen LogP contribution in [0.25, 0.3) is 0 Å². The van der Waals surface area contributed by atoms with Crippen molar-refractivity contribution >= 4 is 17.4 Å². The second-order valence-electron chi connectivity index (χ2n) is 2.90. The summed E-state index contributed by atoms with van der Waals surface area (Å²) in [6.07, 6.45) is 6.95. The molecule has 0 N–H and O–H groups in total. The summed E-state index contributed by atoms with van der Waals surface area (Å²) in [6, 6.07) is 4.08. The zero-order chi connectivity index (χ0) is 9.10. The molecule has 0 radical (unpaired) electrons. The van der Waals surface area contributed by atoms with Gasteiger partial charge < -0.3 is 4.90 Å². The predicted molar refractivity (Wildman–Crippen MR) is 57.5 cm³/mol. The topological polar surface area (TPSA) is 16.1 Å². The van der Waals surface area contributed by atoms with E-state index in [1.54, 1.807) is 0 Å². The highest BCUT2D eigenvalue weighted by atomic mass is 32.2. The molecule has 1 aromatic rings. The van der Waals surface area contributed by atoms with Crippen molar-refractivity contribution in [3.05, 3.63) is 36.1 Å². The fourth-order valence-corrected chi connectivity index (χ4v) is 2.31. The zero-order valence-corrected chi connectivity index (χ0v) is 8.37. The van der Waals surface area contributed by atoms with Crippen molar-refractivity contribution in [3.8, 4) is 0 Å². The number of anilines is 1. The van der Waals surface area contributed by atoms with Crippen molar-refractivity contribution in [2.75, 3.05) is 4.90 Å². The van der Waals surface area contributed by atoms with Crippen molar-refractivity contribution < 1.29 is 0 Å². The Morgan fingerprint density at radius 1 is 1.46 bits per heavy atom. The molecule has 1 atom stereocenters. The molecule has 0 amide bonds. The average molecular weight is 192 g/mol. The Balaban J connectivity index is 2.21. The lowest BCUT2D eigenvalue weighted by Crippen LogP contribution is -2.22. The van der Waals surface area contributed by atoms with Crippen LogP contribution in [0.15, 0.2) is 36.1 Å².